The number of carboxylic acids is 1. The third-order valence-corrected chi connectivity index (χ3v) is 5.62. The Morgan fingerprint density at radius 3 is 2.62 bits per heavy atom. The van der Waals surface area contributed by atoms with E-state index in [1.54, 1.807) is 31.4 Å². The number of benzene rings is 1. The average Bonchev–Trinajstić information content (AvgIpc) is 2.64. The smallest absolute Gasteiger partial charge is 0.353 e. The summed E-state index contributed by atoms with van der Waals surface area (Å²) in [6.07, 6.45) is 0. The first kappa shape index (κ1) is 18.4. The summed E-state index contributed by atoms with van der Waals surface area (Å²) in [4.78, 5) is 36.6. The Kier molecular flexibility index (Phi) is 5.28. The van der Waals surface area contributed by atoms with Gasteiger partial charge in [-0.3, -0.25) is 14.5 Å². The summed E-state index contributed by atoms with van der Waals surface area (Å²) in [5.41, 5.74) is -0.222. The quantitative estimate of drug-likeness (QED) is 0.689. The molecule has 1 unspecified atom stereocenters. The predicted octanol–water partition coefficient (Wildman–Crippen LogP) is 1.01. The van der Waals surface area contributed by atoms with E-state index < -0.39 is 29.2 Å². The minimum Gasteiger partial charge on any atom is -0.497 e. The molecule has 26 heavy (non-hydrogen) atoms. The summed E-state index contributed by atoms with van der Waals surface area (Å²) in [5.74, 6) is -0.824. The highest BCUT2D eigenvalue weighted by molar-refractivity contribution is 8.00. The van der Waals surface area contributed by atoms with Gasteiger partial charge in [0, 0.05) is 5.75 Å². The van der Waals surface area contributed by atoms with E-state index >= 15 is 0 Å². The van der Waals surface area contributed by atoms with E-state index in [2.05, 4.69) is 5.32 Å². The van der Waals surface area contributed by atoms with Crippen molar-refractivity contribution in [2.24, 2.45) is 0 Å². The number of carbonyl (C=O) groups is 3. The second kappa shape index (κ2) is 7.46. The lowest BCUT2D eigenvalue weighted by atomic mass is 10.1. The number of β-lactam (4-membered cyclic amide) rings is 1. The number of nitrogens with one attached hydrogen (secondary N) is 1. The van der Waals surface area contributed by atoms with Crippen molar-refractivity contribution < 1.29 is 29.0 Å². The van der Waals surface area contributed by atoms with Gasteiger partial charge in [-0.05, 0) is 24.3 Å². The molecule has 1 fully saturated rings. The molecule has 0 aliphatic carbocycles. The van der Waals surface area contributed by atoms with Crippen LogP contribution in [-0.4, -0.2) is 58.7 Å². The molecule has 0 aromatic heterocycles. The third kappa shape index (κ3) is 3.45. The molecular weight excluding hydrogens is 384 g/mol. The molecule has 1 saturated heterocycles. The number of rotatable bonds is 6. The predicted molar refractivity (Wildman–Crippen MR) is 94.0 cm³/mol. The zero-order chi connectivity index (χ0) is 18.8. The maximum atomic E-state index is 12.2. The van der Waals surface area contributed by atoms with Crippen LogP contribution in [0.1, 0.15) is 0 Å². The van der Waals surface area contributed by atoms with E-state index in [1.165, 1.54) is 11.8 Å². The van der Waals surface area contributed by atoms with Crippen molar-refractivity contribution >= 4 is 41.1 Å². The van der Waals surface area contributed by atoms with Gasteiger partial charge in [-0.25, -0.2) is 4.79 Å². The van der Waals surface area contributed by atoms with E-state index in [4.69, 9.17) is 21.1 Å². The fourth-order valence-corrected chi connectivity index (χ4v) is 4.17. The number of aliphatic carboxylic acids is 1. The number of fused-ring (bicyclic) bond motifs is 1. The fourth-order valence-electron chi connectivity index (χ4n) is 2.62. The van der Waals surface area contributed by atoms with Gasteiger partial charge in [0.25, 0.3) is 11.8 Å². The molecule has 0 saturated carbocycles. The highest BCUT2D eigenvalue weighted by atomic mass is 35.5. The maximum absolute atomic E-state index is 12.2. The Hall–Kier alpha value is -2.39. The number of nitrogens with zero attached hydrogens (tertiary/aromatic N) is 1. The zero-order valence-electron chi connectivity index (χ0n) is 13.6. The van der Waals surface area contributed by atoms with E-state index in [9.17, 15) is 19.5 Å². The summed E-state index contributed by atoms with van der Waals surface area (Å²) >= 11 is 7.19. The number of carbonyl (C=O) groups excluding carboxylic acids is 2. The van der Waals surface area contributed by atoms with E-state index in [-0.39, 0.29) is 23.1 Å². The number of carboxylic acid groups (broad SMARTS) is 1. The Balaban J connectivity index is 1.56. The van der Waals surface area contributed by atoms with Crippen molar-refractivity contribution in [1.82, 2.24) is 10.2 Å². The molecule has 1 aromatic rings. The number of hydrogen-bond donors (Lipinski definition) is 2. The molecule has 0 radical (unpaired) electrons. The third-order valence-electron chi connectivity index (χ3n) is 3.87. The van der Waals surface area contributed by atoms with Crippen LogP contribution in [0.25, 0.3) is 0 Å². The molecule has 2 amide bonds. The molecule has 0 spiro atoms. The molecule has 3 rings (SSSR count). The molecule has 10 heteroatoms. The number of ether oxygens (including phenoxy) is 2. The molecule has 2 atom stereocenters. The minimum absolute atomic E-state index is 0.111. The molecular formula is C16H15ClN2O6S. The SMILES string of the molecule is COc1ccc(OCC(=O)NC2C(=O)N3C(C(=O)O)=C(Cl)CS[C@H]23)cc1. The molecule has 2 aliphatic heterocycles. The van der Waals surface area contributed by atoms with Crippen molar-refractivity contribution in [2.75, 3.05) is 19.5 Å². The number of amides is 2. The lowest BCUT2D eigenvalue weighted by molar-refractivity contribution is -0.150. The Labute approximate surface area is 158 Å². The van der Waals surface area contributed by atoms with E-state index in [0.717, 1.165) is 4.90 Å². The summed E-state index contributed by atoms with van der Waals surface area (Å²) in [6.45, 7) is -0.268. The van der Waals surface area contributed by atoms with Crippen LogP contribution in [-0.2, 0) is 14.4 Å². The molecule has 0 bridgehead atoms. The number of halogens is 1. The van der Waals surface area contributed by atoms with Crippen molar-refractivity contribution in [1.29, 1.82) is 0 Å². The summed E-state index contributed by atoms with van der Waals surface area (Å²) in [6, 6.07) is 5.91. The van der Waals surface area contributed by atoms with E-state index in [1.807, 2.05) is 0 Å². The highest BCUT2D eigenvalue weighted by Gasteiger charge is 2.54. The first-order chi connectivity index (χ1) is 12.4. The summed E-state index contributed by atoms with van der Waals surface area (Å²) < 4.78 is 10.4. The van der Waals surface area contributed by atoms with Crippen molar-refractivity contribution in [2.45, 2.75) is 11.4 Å². The van der Waals surface area contributed by atoms with Gasteiger partial charge in [0.2, 0.25) is 0 Å². The monoisotopic (exact) mass is 398 g/mol. The van der Waals surface area contributed by atoms with Crippen LogP contribution in [0.15, 0.2) is 35.0 Å². The Bertz CT molecular complexity index is 781. The lowest BCUT2D eigenvalue weighted by Gasteiger charge is -2.48. The Morgan fingerprint density at radius 1 is 1.35 bits per heavy atom. The van der Waals surface area contributed by atoms with Crippen LogP contribution in [0, 0.1) is 0 Å². The van der Waals surface area contributed by atoms with Gasteiger partial charge in [-0.15, -0.1) is 11.8 Å². The maximum Gasteiger partial charge on any atom is 0.353 e. The summed E-state index contributed by atoms with van der Waals surface area (Å²) in [5, 5.41) is 11.4. The second-order valence-electron chi connectivity index (χ2n) is 5.48. The van der Waals surface area contributed by atoms with Crippen LogP contribution in [0.2, 0.25) is 0 Å². The van der Waals surface area contributed by atoms with Gasteiger partial charge in [-0.1, -0.05) is 11.6 Å². The first-order valence-electron chi connectivity index (χ1n) is 7.55. The van der Waals surface area contributed by atoms with Crippen LogP contribution >= 0.6 is 23.4 Å². The lowest BCUT2D eigenvalue weighted by Crippen LogP contribution is -2.70. The van der Waals surface area contributed by atoms with Gasteiger partial charge in [0.05, 0.1) is 12.1 Å². The molecule has 138 valence electrons. The van der Waals surface area contributed by atoms with Gasteiger partial charge in [-0.2, -0.15) is 0 Å². The second-order valence-corrected chi connectivity index (χ2v) is 7.04. The van der Waals surface area contributed by atoms with Crippen molar-refractivity contribution in [3.05, 3.63) is 35.0 Å². The number of thioether (sulfide) groups is 1. The van der Waals surface area contributed by atoms with Crippen molar-refractivity contribution in [3.8, 4) is 11.5 Å². The highest BCUT2D eigenvalue weighted by Crippen LogP contribution is 2.41. The molecule has 1 aromatic carbocycles. The van der Waals surface area contributed by atoms with E-state index in [0.29, 0.717) is 11.5 Å². The molecule has 8 nitrogen and oxygen atoms in total. The molecule has 2 aliphatic rings. The standard InChI is InChI=1S/C16H15ClN2O6S/c1-24-8-2-4-9(5-3-8)25-6-11(20)18-12-14(21)19-13(16(22)23)10(17)7-26-15(12)19/h2-5,12,15H,6-7H2,1H3,(H,18,20)(H,22,23)/t12?,15-/m1/s1. The topological polar surface area (TPSA) is 105 Å². The zero-order valence-corrected chi connectivity index (χ0v) is 15.2. The Morgan fingerprint density at radius 2 is 2.00 bits per heavy atom. The fraction of sp³-hybridized carbons (Fsp3) is 0.312. The van der Waals surface area contributed by atoms with Gasteiger partial charge in [0.1, 0.15) is 28.6 Å². The molecule has 2 heterocycles. The number of hydrogen-bond acceptors (Lipinski definition) is 6. The molecule has 2 N–H and O–H groups in total. The van der Waals surface area contributed by atoms with Crippen LogP contribution in [0.5, 0.6) is 11.5 Å². The number of methoxy groups -OCH3 is 1. The normalized spacial score (nSPS) is 21.6. The van der Waals surface area contributed by atoms with Crippen LogP contribution in [0.3, 0.4) is 0 Å². The summed E-state index contributed by atoms with van der Waals surface area (Å²) in [7, 11) is 1.55. The van der Waals surface area contributed by atoms with Gasteiger partial charge in [0.15, 0.2) is 6.61 Å². The van der Waals surface area contributed by atoms with Crippen molar-refractivity contribution in [3.63, 3.8) is 0 Å². The largest absolute Gasteiger partial charge is 0.497 e. The van der Waals surface area contributed by atoms with Gasteiger partial charge >= 0.3 is 5.97 Å². The van der Waals surface area contributed by atoms with Gasteiger partial charge < -0.3 is 19.9 Å². The van der Waals surface area contributed by atoms with Crippen LogP contribution < -0.4 is 14.8 Å². The first-order valence-corrected chi connectivity index (χ1v) is 8.98. The minimum atomic E-state index is -1.26. The average molecular weight is 399 g/mol. The van der Waals surface area contributed by atoms with Crippen LogP contribution in [0.4, 0.5) is 0 Å².